The summed E-state index contributed by atoms with van der Waals surface area (Å²) in [5.74, 6) is 0. The van der Waals surface area contributed by atoms with Crippen LogP contribution in [0.5, 0.6) is 0 Å². The molecule has 4 nitrogen and oxygen atoms in total. The fraction of sp³-hybridized carbons (Fsp3) is 0.600. The van der Waals surface area contributed by atoms with Crippen molar-refractivity contribution in [2.45, 2.75) is 42.5 Å². The van der Waals surface area contributed by atoms with Crippen molar-refractivity contribution in [2.24, 2.45) is 5.73 Å². The van der Waals surface area contributed by atoms with Gasteiger partial charge in [-0.15, -0.1) is 11.3 Å². The third kappa shape index (κ3) is 2.63. The van der Waals surface area contributed by atoms with Crippen LogP contribution in [0.1, 0.15) is 24.1 Å². The zero-order valence-electron chi connectivity index (χ0n) is 9.14. The molecule has 1 aromatic rings. The van der Waals surface area contributed by atoms with Gasteiger partial charge in [0.1, 0.15) is 4.21 Å². The molecule has 16 heavy (non-hydrogen) atoms. The van der Waals surface area contributed by atoms with Gasteiger partial charge in [-0.25, -0.2) is 13.1 Å². The van der Waals surface area contributed by atoms with Crippen LogP contribution in [-0.4, -0.2) is 20.5 Å². The fourth-order valence-corrected chi connectivity index (χ4v) is 4.54. The van der Waals surface area contributed by atoms with E-state index in [0.29, 0.717) is 4.21 Å². The minimum atomic E-state index is -3.33. The molecular formula is C10H16N2O2S2. The molecule has 0 radical (unpaired) electrons. The predicted octanol–water partition coefficient (Wildman–Crippen LogP) is 1.21. The van der Waals surface area contributed by atoms with Gasteiger partial charge in [-0.05, 0) is 38.3 Å². The Morgan fingerprint density at radius 1 is 1.44 bits per heavy atom. The van der Waals surface area contributed by atoms with Gasteiger partial charge in [-0.1, -0.05) is 0 Å². The lowest BCUT2D eigenvalue weighted by Crippen LogP contribution is -2.33. The first-order valence-electron chi connectivity index (χ1n) is 5.32. The molecule has 0 spiro atoms. The summed E-state index contributed by atoms with van der Waals surface area (Å²) in [4.78, 5) is 1.00. The highest BCUT2D eigenvalue weighted by Crippen LogP contribution is 2.23. The Bertz CT molecular complexity index is 467. The number of aryl methyl sites for hydroxylation is 1. The van der Waals surface area contributed by atoms with Gasteiger partial charge in [-0.2, -0.15) is 0 Å². The quantitative estimate of drug-likeness (QED) is 0.858. The largest absolute Gasteiger partial charge is 0.328 e. The highest BCUT2D eigenvalue weighted by Gasteiger charge is 2.27. The number of hydrogen-bond acceptors (Lipinski definition) is 4. The molecule has 1 aliphatic rings. The predicted molar refractivity (Wildman–Crippen MR) is 65.0 cm³/mol. The second kappa shape index (κ2) is 4.44. The van der Waals surface area contributed by atoms with E-state index in [1.807, 2.05) is 13.0 Å². The highest BCUT2D eigenvalue weighted by molar-refractivity contribution is 7.91. The Hall–Kier alpha value is -0.430. The van der Waals surface area contributed by atoms with Gasteiger partial charge < -0.3 is 5.73 Å². The standard InChI is InChI=1S/C10H16N2O2S2/c1-7-2-5-10(15-7)16(13,14)12-9-4-3-8(11)6-9/h2,5,8-9,12H,3-4,6,11H2,1H3. The third-order valence-electron chi connectivity index (χ3n) is 2.78. The van der Waals surface area contributed by atoms with E-state index in [0.717, 1.165) is 24.1 Å². The molecule has 2 unspecified atom stereocenters. The highest BCUT2D eigenvalue weighted by atomic mass is 32.2. The van der Waals surface area contributed by atoms with Crippen molar-refractivity contribution in [1.29, 1.82) is 0 Å². The first-order chi connectivity index (χ1) is 7.47. The molecule has 0 bridgehead atoms. The Balaban J connectivity index is 2.09. The molecule has 1 aliphatic carbocycles. The minimum Gasteiger partial charge on any atom is -0.328 e. The minimum absolute atomic E-state index is 0.00223. The van der Waals surface area contributed by atoms with Crippen molar-refractivity contribution in [3.63, 3.8) is 0 Å². The van der Waals surface area contributed by atoms with Crippen molar-refractivity contribution >= 4 is 21.4 Å². The fourth-order valence-electron chi connectivity index (χ4n) is 1.96. The Morgan fingerprint density at radius 2 is 2.19 bits per heavy atom. The van der Waals surface area contributed by atoms with Crippen LogP contribution in [0.25, 0.3) is 0 Å². The van der Waals surface area contributed by atoms with Gasteiger partial charge in [0.05, 0.1) is 0 Å². The van der Waals surface area contributed by atoms with Crippen LogP contribution in [0.2, 0.25) is 0 Å². The van der Waals surface area contributed by atoms with Crippen LogP contribution in [-0.2, 0) is 10.0 Å². The molecule has 3 N–H and O–H groups in total. The molecule has 1 aromatic heterocycles. The zero-order chi connectivity index (χ0) is 11.8. The molecule has 0 amide bonds. The number of nitrogens with one attached hydrogen (secondary N) is 1. The summed E-state index contributed by atoms with van der Waals surface area (Å²) in [7, 11) is -3.33. The Morgan fingerprint density at radius 3 is 2.69 bits per heavy atom. The van der Waals surface area contributed by atoms with Gasteiger partial charge >= 0.3 is 0 Å². The summed E-state index contributed by atoms with van der Waals surface area (Å²) in [5.41, 5.74) is 5.75. The summed E-state index contributed by atoms with van der Waals surface area (Å²) in [6.07, 6.45) is 2.48. The van der Waals surface area contributed by atoms with Gasteiger partial charge in [-0.3, -0.25) is 0 Å². The summed E-state index contributed by atoms with van der Waals surface area (Å²) in [6.45, 7) is 1.90. The topological polar surface area (TPSA) is 72.2 Å². The number of sulfonamides is 1. The first-order valence-corrected chi connectivity index (χ1v) is 7.62. The van der Waals surface area contributed by atoms with Gasteiger partial charge in [0.25, 0.3) is 0 Å². The van der Waals surface area contributed by atoms with E-state index < -0.39 is 10.0 Å². The van der Waals surface area contributed by atoms with Gasteiger partial charge in [0.2, 0.25) is 10.0 Å². The van der Waals surface area contributed by atoms with E-state index in [9.17, 15) is 8.42 Å². The van der Waals surface area contributed by atoms with Crippen LogP contribution in [0.15, 0.2) is 16.3 Å². The van der Waals surface area contributed by atoms with Crippen LogP contribution in [0, 0.1) is 6.92 Å². The van der Waals surface area contributed by atoms with E-state index in [4.69, 9.17) is 5.73 Å². The summed E-state index contributed by atoms with van der Waals surface area (Å²) in [5, 5.41) is 0. The van der Waals surface area contributed by atoms with Crippen molar-refractivity contribution < 1.29 is 8.42 Å². The Kier molecular flexibility index (Phi) is 3.34. The smallest absolute Gasteiger partial charge is 0.250 e. The molecule has 2 rings (SSSR count). The van der Waals surface area contributed by atoms with Gasteiger partial charge in [0, 0.05) is 17.0 Å². The molecule has 1 saturated carbocycles. The molecule has 90 valence electrons. The molecule has 1 heterocycles. The van der Waals surface area contributed by atoms with Gasteiger partial charge in [0.15, 0.2) is 0 Å². The van der Waals surface area contributed by atoms with E-state index in [1.54, 1.807) is 6.07 Å². The van der Waals surface area contributed by atoms with E-state index in [2.05, 4.69) is 4.72 Å². The molecule has 6 heteroatoms. The lowest BCUT2D eigenvalue weighted by atomic mass is 10.2. The second-order valence-electron chi connectivity index (χ2n) is 4.26. The maximum atomic E-state index is 12.0. The number of thiophene rings is 1. The number of nitrogens with two attached hydrogens (primary N) is 1. The molecule has 2 atom stereocenters. The van der Waals surface area contributed by atoms with Crippen LogP contribution in [0.3, 0.4) is 0 Å². The Labute approximate surface area is 99.9 Å². The average molecular weight is 260 g/mol. The summed E-state index contributed by atoms with van der Waals surface area (Å²) >= 11 is 1.30. The van der Waals surface area contributed by atoms with Crippen LogP contribution < -0.4 is 10.5 Å². The molecule has 0 aliphatic heterocycles. The second-order valence-corrected chi connectivity index (χ2v) is 7.49. The molecule has 0 aromatic carbocycles. The zero-order valence-corrected chi connectivity index (χ0v) is 10.8. The average Bonchev–Trinajstić information content (AvgIpc) is 2.75. The molecular weight excluding hydrogens is 244 g/mol. The van der Waals surface area contributed by atoms with Crippen molar-refractivity contribution in [3.05, 3.63) is 17.0 Å². The summed E-state index contributed by atoms with van der Waals surface area (Å²) < 4.78 is 27.0. The first kappa shape index (κ1) is 12.0. The van der Waals surface area contributed by atoms with Crippen molar-refractivity contribution in [2.75, 3.05) is 0 Å². The third-order valence-corrected chi connectivity index (χ3v) is 5.79. The normalized spacial score (nSPS) is 26.1. The number of hydrogen-bond donors (Lipinski definition) is 2. The molecule has 1 fully saturated rings. The SMILES string of the molecule is Cc1ccc(S(=O)(=O)NC2CCC(N)C2)s1. The van der Waals surface area contributed by atoms with Crippen LogP contribution >= 0.6 is 11.3 Å². The van der Waals surface area contributed by atoms with E-state index in [-0.39, 0.29) is 12.1 Å². The van der Waals surface area contributed by atoms with E-state index >= 15 is 0 Å². The lowest BCUT2D eigenvalue weighted by Gasteiger charge is -2.11. The molecule has 0 saturated heterocycles. The van der Waals surface area contributed by atoms with Crippen molar-refractivity contribution in [1.82, 2.24) is 4.72 Å². The van der Waals surface area contributed by atoms with E-state index in [1.165, 1.54) is 11.3 Å². The number of rotatable bonds is 3. The summed E-state index contributed by atoms with van der Waals surface area (Å²) in [6, 6.07) is 3.61. The van der Waals surface area contributed by atoms with Crippen molar-refractivity contribution in [3.8, 4) is 0 Å². The maximum Gasteiger partial charge on any atom is 0.250 e. The lowest BCUT2D eigenvalue weighted by molar-refractivity contribution is 0.550. The van der Waals surface area contributed by atoms with Crippen LogP contribution in [0.4, 0.5) is 0 Å². The monoisotopic (exact) mass is 260 g/mol. The maximum absolute atomic E-state index is 12.0.